The SMILES string of the molecule is CCCS(=O)(=O)c1ccc(NC2C3CNCC32)cc1. The van der Waals surface area contributed by atoms with E-state index in [4.69, 9.17) is 0 Å². The van der Waals surface area contributed by atoms with Gasteiger partial charge in [-0.3, -0.25) is 0 Å². The van der Waals surface area contributed by atoms with Gasteiger partial charge in [0.15, 0.2) is 9.84 Å². The Labute approximate surface area is 114 Å². The third kappa shape index (κ3) is 2.49. The van der Waals surface area contributed by atoms with Crippen molar-refractivity contribution < 1.29 is 8.42 Å². The van der Waals surface area contributed by atoms with Crippen LogP contribution in [0.5, 0.6) is 0 Å². The van der Waals surface area contributed by atoms with E-state index >= 15 is 0 Å². The molecule has 1 aromatic rings. The van der Waals surface area contributed by atoms with E-state index < -0.39 is 9.84 Å². The number of hydrogen-bond acceptors (Lipinski definition) is 4. The summed E-state index contributed by atoms with van der Waals surface area (Å²) < 4.78 is 23.8. The molecule has 2 atom stereocenters. The highest BCUT2D eigenvalue weighted by molar-refractivity contribution is 7.91. The third-order valence-corrected chi connectivity index (χ3v) is 6.05. The molecular formula is C14H20N2O2S. The smallest absolute Gasteiger partial charge is 0.178 e. The minimum absolute atomic E-state index is 0.220. The average molecular weight is 280 g/mol. The summed E-state index contributed by atoms with van der Waals surface area (Å²) in [6, 6.07) is 7.75. The lowest BCUT2D eigenvalue weighted by molar-refractivity contribution is 0.595. The normalized spacial score (nSPS) is 29.0. The molecule has 1 saturated heterocycles. The second-order valence-corrected chi connectivity index (χ2v) is 7.61. The zero-order chi connectivity index (χ0) is 13.5. The molecule has 4 nitrogen and oxygen atoms in total. The van der Waals surface area contributed by atoms with Crippen LogP contribution in [0.1, 0.15) is 13.3 Å². The molecule has 1 saturated carbocycles. The van der Waals surface area contributed by atoms with Crippen molar-refractivity contribution >= 4 is 15.5 Å². The van der Waals surface area contributed by atoms with Crippen LogP contribution < -0.4 is 10.6 Å². The number of fused-ring (bicyclic) bond motifs is 1. The van der Waals surface area contributed by atoms with Gasteiger partial charge in [-0.2, -0.15) is 0 Å². The first kappa shape index (κ1) is 12.9. The highest BCUT2D eigenvalue weighted by Gasteiger charge is 2.52. The fraction of sp³-hybridized carbons (Fsp3) is 0.571. The van der Waals surface area contributed by atoms with E-state index in [0.717, 1.165) is 30.6 Å². The second-order valence-electron chi connectivity index (χ2n) is 5.50. The van der Waals surface area contributed by atoms with Crippen molar-refractivity contribution in [1.82, 2.24) is 5.32 Å². The van der Waals surface area contributed by atoms with Gasteiger partial charge in [-0.25, -0.2) is 8.42 Å². The van der Waals surface area contributed by atoms with Crippen LogP contribution in [0.3, 0.4) is 0 Å². The van der Waals surface area contributed by atoms with Gasteiger partial charge in [0.2, 0.25) is 0 Å². The highest BCUT2D eigenvalue weighted by atomic mass is 32.2. The van der Waals surface area contributed by atoms with Crippen LogP contribution in [0.15, 0.2) is 29.2 Å². The molecule has 1 aliphatic heterocycles. The van der Waals surface area contributed by atoms with E-state index in [2.05, 4.69) is 10.6 Å². The van der Waals surface area contributed by atoms with Crippen LogP contribution in [0.25, 0.3) is 0 Å². The highest BCUT2D eigenvalue weighted by Crippen LogP contribution is 2.43. The number of sulfone groups is 1. The van der Waals surface area contributed by atoms with Gasteiger partial charge in [0.05, 0.1) is 10.6 Å². The largest absolute Gasteiger partial charge is 0.382 e. The van der Waals surface area contributed by atoms with E-state index in [-0.39, 0.29) is 5.75 Å². The zero-order valence-corrected chi connectivity index (χ0v) is 11.9. The number of piperidine rings is 1. The van der Waals surface area contributed by atoms with E-state index in [0.29, 0.717) is 17.4 Å². The molecule has 0 bridgehead atoms. The molecule has 1 aliphatic carbocycles. The topological polar surface area (TPSA) is 58.2 Å². The average Bonchev–Trinajstić information content (AvgIpc) is 2.84. The Morgan fingerprint density at radius 2 is 1.84 bits per heavy atom. The fourth-order valence-electron chi connectivity index (χ4n) is 2.97. The molecule has 2 unspecified atom stereocenters. The van der Waals surface area contributed by atoms with Crippen LogP contribution in [0.2, 0.25) is 0 Å². The minimum Gasteiger partial charge on any atom is -0.382 e. The Balaban J connectivity index is 1.66. The number of nitrogens with one attached hydrogen (secondary N) is 2. The van der Waals surface area contributed by atoms with Crippen LogP contribution >= 0.6 is 0 Å². The summed E-state index contributed by atoms with van der Waals surface area (Å²) in [7, 11) is -3.09. The summed E-state index contributed by atoms with van der Waals surface area (Å²) in [5, 5.41) is 6.85. The molecular weight excluding hydrogens is 260 g/mol. The molecule has 1 heterocycles. The van der Waals surface area contributed by atoms with E-state index in [1.165, 1.54) is 0 Å². The fourth-order valence-corrected chi connectivity index (χ4v) is 4.29. The third-order valence-electron chi connectivity index (χ3n) is 4.11. The molecule has 2 N–H and O–H groups in total. The maximum absolute atomic E-state index is 11.9. The van der Waals surface area contributed by atoms with Gasteiger partial charge >= 0.3 is 0 Å². The lowest BCUT2D eigenvalue weighted by Crippen LogP contribution is -2.21. The summed E-state index contributed by atoms with van der Waals surface area (Å²) in [4.78, 5) is 0.428. The molecule has 2 aliphatic rings. The predicted octanol–water partition coefficient (Wildman–Crippen LogP) is 1.50. The summed E-state index contributed by atoms with van der Waals surface area (Å²) in [6.07, 6.45) is 0.654. The molecule has 3 rings (SSSR count). The predicted molar refractivity (Wildman–Crippen MR) is 76.0 cm³/mol. The van der Waals surface area contributed by atoms with Gasteiger partial charge in [-0.1, -0.05) is 6.92 Å². The van der Waals surface area contributed by atoms with Crippen molar-refractivity contribution in [3.05, 3.63) is 24.3 Å². The van der Waals surface area contributed by atoms with Crippen LogP contribution in [0, 0.1) is 11.8 Å². The van der Waals surface area contributed by atoms with Crippen LogP contribution in [0.4, 0.5) is 5.69 Å². The van der Waals surface area contributed by atoms with Gasteiger partial charge in [-0.05, 0) is 42.5 Å². The van der Waals surface area contributed by atoms with Gasteiger partial charge in [-0.15, -0.1) is 0 Å². The monoisotopic (exact) mass is 280 g/mol. The van der Waals surface area contributed by atoms with Crippen molar-refractivity contribution in [2.75, 3.05) is 24.2 Å². The lowest BCUT2D eigenvalue weighted by Gasteiger charge is -2.10. The van der Waals surface area contributed by atoms with E-state index in [1.807, 2.05) is 19.1 Å². The van der Waals surface area contributed by atoms with Crippen molar-refractivity contribution in [2.45, 2.75) is 24.3 Å². The van der Waals surface area contributed by atoms with E-state index in [9.17, 15) is 8.42 Å². The molecule has 2 fully saturated rings. The van der Waals surface area contributed by atoms with Crippen molar-refractivity contribution in [3.63, 3.8) is 0 Å². The van der Waals surface area contributed by atoms with E-state index in [1.54, 1.807) is 12.1 Å². The lowest BCUT2D eigenvalue weighted by atomic mass is 10.3. The Morgan fingerprint density at radius 3 is 2.42 bits per heavy atom. The first-order valence-electron chi connectivity index (χ1n) is 6.92. The number of rotatable bonds is 5. The van der Waals surface area contributed by atoms with Gasteiger partial charge in [0, 0.05) is 24.8 Å². The maximum Gasteiger partial charge on any atom is 0.178 e. The Bertz CT molecular complexity index is 543. The van der Waals surface area contributed by atoms with Crippen LogP contribution in [-0.4, -0.2) is 33.3 Å². The molecule has 104 valence electrons. The standard InChI is InChI=1S/C14H20N2O2S/c1-2-7-19(17,18)11-5-3-10(4-6-11)16-14-12-8-15-9-13(12)14/h3-6,12-16H,2,7-9H2,1H3. The maximum atomic E-state index is 11.9. The van der Waals surface area contributed by atoms with Crippen molar-refractivity contribution in [3.8, 4) is 0 Å². The Kier molecular flexibility index (Phi) is 3.27. The van der Waals surface area contributed by atoms with Crippen molar-refractivity contribution in [2.24, 2.45) is 11.8 Å². The molecule has 0 spiro atoms. The molecule has 0 radical (unpaired) electrons. The number of benzene rings is 1. The van der Waals surface area contributed by atoms with Crippen LogP contribution in [-0.2, 0) is 9.84 Å². The Hall–Kier alpha value is -1.07. The van der Waals surface area contributed by atoms with Crippen molar-refractivity contribution in [1.29, 1.82) is 0 Å². The zero-order valence-electron chi connectivity index (χ0n) is 11.1. The number of anilines is 1. The molecule has 0 aromatic heterocycles. The summed E-state index contributed by atoms with van der Waals surface area (Å²) in [5.74, 6) is 1.73. The first-order valence-corrected chi connectivity index (χ1v) is 8.57. The quantitative estimate of drug-likeness (QED) is 0.858. The Morgan fingerprint density at radius 1 is 1.21 bits per heavy atom. The molecule has 1 aromatic carbocycles. The van der Waals surface area contributed by atoms with Gasteiger partial charge < -0.3 is 10.6 Å². The van der Waals surface area contributed by atoms with Gasteiger partial charge in [0.1, 0.15) is 0 Å². The molecule has 5 heteroatoms. The summed E-state index contributed by atoms with van der Waals surface area (Å²) >= 11 is 0. The minimum atomic E-state index is -3.09. The molecule has 0 amide bonds. The van der Waals surface area contributed by atoms with Gasteiger partial charge in [0.25, 0.3) is 0 Å². The first-order chi connectivity index (χ1) is 9.12. The summed E-state index contributed by atoms with van der Waals surface area (Å²) in [5.41, 5.74) is 1.02. The second kappa shape index (κ2) is 4.80. The number of hydrogen-bond donors (Lipinski definition) is 2. The summed E-state index contributed by atoms with van der Waals surface area (Å²) in [6.45, 7) is 4.09. The molecule has 19 heavy (non-hydrogen) atoms.